The third kappa shape index (κ3) is 4.62. The number of aromatic nitrogens is 1. The van der Waals surface area contributed by atoms with E-state index in [1.165, 1.54) is 4.90 Å². The van der Waals surface area contributed by atoms with E-state index in [1.54, 1.807) is 47.5 Å². The number of hydrogen-bond acceptors (Lipinski definition) is 3. The van der Waals surface area contributed by atoms with Crippen LogP contribution in [-0.4, -0.2) is 45.6 Å². The summed E-state index contributed by atoms with van der Waals surface area (Å²) in [5, 5.41) is 10.2. The zero-order chi connectivity index (χ0) is 22.1. The van der Waals surface area contributed by atoms with Crippen molar-refractivity contribution in [3.63, 3.8) is 0 Å². The lowest BCUT2D eigenvalue weighted by Gasteiger charge is -2.50. The molecular weight excluding hydrogens is 470 g/mol. The highest BCUT2D eigenvalue weighted by atomic mass is 79.9. The molecule has 0 saturated carbocycles. The molecule has 1 N–H and O–H groups in total. The van der Waals surface area contributed by atoms with Crippen molar-refractivity contribution in [2.24, 2.45) is 5.41 Å². The molecule has 2 atom stereocenters. The van der Waals surface area contributed by atoms with Crippen molar-refractivity contribution >= 4 is 45.3 Å². The topological polar surface area (TPSA) is 73.7 Å². The molecule has 0 spiro atoms. The maximum atomic E-state index is 13.7. The van der Waals surface area contributed by atoms with Gasteiger partial charge in [0.1, 0.15) is 0 Å². The van der Waals surface area contributed by atoms with Crippen LogP contribution in [0.4, 0.5) is 10.6 Å². The summed E-state index contributed by atoms with van der Waals surface area (Å²) in [7, 11) is 0. The van der Waals surface area contributed by atoms with Gasteiger partial charge < -0.3 is 10.0 Å². The normalized spacial score (nSPS) is 19.4. The first kappa shape index (κ1) is 22.6. The molecule has 1 saturated heterocycles. The van der Waals surface area contributed by atoms with Crippen LogP contribution in [0.1, 0.15) is 44.0 Å². The number of rotatable bonds is 3. The van der Waals surface area contributed by atoms with Gasteiger partial charge in [-0.3, -0.25) is 9.69 Å². The van der Waals surface area contributed by atoms with Gasteiger partial charge in [0.05, 0.1) is 17.1 Å². The van der Waals surface area contributed by atoms with E-state index in [-0.39, 0.29) is 5.91 Å². The first-order valence-electron chi connectivity index (χ1n) is 9.80. The maximum Gasteiger partial charge on any atom is 0.407 e. The molecule has 1 aliphatic heterocycles. The minimum absolute atomic E-state index is 0.255. The maximum absolute atomic E-state index is 13.7. The first-order chi connectivity index (χ1) is 14.1. The van der Waals surface area contributed by atoms with E-state index in [0.29, 0.717) is 35.8 Å². The van der Waals surface area contributed by atoms with Crippen LogP contribution in [0.2, 0.25) is 5.02 Å². The van der Waals surface area contributed by atoms with E-state index in [0.717, 1.165) is 4.47 Å². The molecule has 2 amide bonds. The fourth-order valence-corrected chi connectivity index (χ4v) is 4.67. The number of amides is 2. The molecule has 8 heteroatoms. The van der Waals surface area contributed by atoms with Crippen LogP contribution in [0.5, 0.6) is 0 Å². The van der Waals surface area contributed by atoms with Crippen LogP contribution < -0.4 is 4.90 Å². The molecule has 0 bridgehead atoms. The standard InChI is InChI=1S/C22H25BrClN3O3/c1-22(2,3)18-17(7-5-13-26(18)21(29)30)27(19-16(24)6-4-12-25-19)20(28)14-8-10-15(23)11-9-14/h4,6,8-12,17-18H,5,7,13H2,1-3H3,(H,29,30)/t17-,18?/m1/s1. The van der Waals surface area contributed by atoms with Crippen molar-refractivity contribution in [1.29, 1.82) is 0 Å². The van der Waals surface area contributed by atoms with Gasteiger partial charge in [-0.15, -0.1) is 0 Å². The molecule has 1 aromatic heterocycles. The van der Waals surface area contributed by atoms with Crippen molar-refractivity contribution in [2.75, 3.05) is 11.4 Å². The molecule has 2 aromatic rings. The monoisotopic (exact) mass is 493 g/mol. The third-order valence-corrected chi connectivity index (χ3v) is 6.16. The van der Waals surface area contributed by atoms with Gasteiger partial charge in [0, 0.05) is 22.8 Å². The van der Waals surface area contributed by atoms with E-state index >= 15 is 0 Å². The van der Waals surface area contributed by atoms with Gasteiger partial charge in [0.15, 0.2) is 5.82 Å². The Kier molecular flexibility index (Phi) is 6.72. The predicted octanol–water partition coefficient (Wildman–Crippen LogP) is 5.70. The van der Waals surface area contributed by atoms with E-state index in [9.17, 15) is 14.7 Å². The van der Waals surface area contributed by atoms with Crippen LogP contribution in [0, 0.1) is 5.41 Å². The number of hydrogen-bond donors (Lipinski definition) is 1. The van der Waals surface area contributed by atoms with E-state index in [4.69, 9.17) is 11.6 Å². The highest BCUT2D eigenvalue weighted by molar-refractivity contribution is 9.10. The van der Waals surface area contributed by atoms with Gasteiger partial charge in [-0.25, -0.2) is 9.78 Å². The molecule has 3 rings (SSSR count). The van der Waals surface area contributed by atoms with Crippen LogP contribution in [0.25, 0.3) is 0 Å². The molecule has 2 heterocycles. The number of likely N-dealkylation sites (tertiary alicyclic amines) is 1. The number of piperidine rings is 1. The summed E-state index contributed by atoms with van der Waals surface area (Å²) in [6.45, 7) is 6.42. The van der Waals surface area contributed by atoms with Gasteiger partial charge in [-0.05, 0) is 54.7 Å². The van der Waals surface area contributed by atoms with Gasteiger partial charge in [0.25, 0.3) is 5.91 Å². The molecule has 0 aliphatic carbocycles. The number of anilines is 1. The Bertz CT molecular complexity index is 930. The molecule has 1 aliphatic rings. The highest BCUT2D eigenvalue weighted by Gasteiger charge is 2.46. The summed E-state index contributed by atoms with van der Waals surface area (Å²) < 4.78 is 0.865. The van der Waals surface area contributed by atoms with Gasteiger partial charge >= 0.3 is 6.09 Å². The fraction of sp³-hybridized carbons (Fsp3) is 0.409. The average molecular weight is 495 g/mol. The summed E-state index contributed by atoms with van der Waals surface area (Å²) in [6.07, 6.45) is 1.91. The number of carboxylic acid groups (broad SMARTS) is 1. The molecule has 160 valence electrons. The lowest BCUT2D eigenvalue weighted by atomic mass is 9.77. The Balaban J connectivity index is 2.15. The summed E-state index contributed by atoms with van der Waals surface area (Å²) >= 11 is 9.86. The smallest absolute Gasteiger partial charge is 0.407 e. The number of carbonyl (C=O) groups is 2. The molecular formula is C22H25BrClN3O3. The quantitative estimate of drug-likeness (QED) is 0.594. The van der Waals surface area contributed by atoms with Gasteiger partial charge in [0.2, 0.25) is 0 Å². The molecule has 1 fully saturated rings. The molecule has 30 heavy (non-hydrogen) atoms. The second kappa shape index (κ2) is 8.94. The second-order valence-electron chi connectivity index (χ2n) is 8.49. The minimum Gasteiger partial charge on any atom is -0.465 e. The number of pyridine rings is 1. The number of carbonyl (C=O) groups excluding carboxylic acids is 1. The largest absolute Gasteiger partial charge is 0.465 e. The van der Waals surface area contributed by atoms with Crippen LogP contribution in [0.3, 0.4) is 0 Å². The average Bonchev–Trinajstić information content (AvgIpc) is 2.69. The highest BCUT2D eigenvalue weighted by Crippen LogP contribution is 2.38. The summed E-state index contributed by atoms with van der Waals surface area (Å²) in [6, 6.07) is 9.66. The second-order valence-corrected chi connectivity index (χ2v) is 9.81. The SMILES string of the molecule is CC(C)(C)C1[C@H](N(C(=O)c2ccc(Br)cc2)c2ncccc2Cl)CCCN1C(=O)O. The van der Waals surface area contributed by atoms with Gasteiger partial charge in [-0.1, -0.05) is 48.3 Å². The Morgan fingerprint density at radius 2 is 1.90 bits per heavy atom. The molecule has 6 nitrogen and oxygen atoms in total. The van der Waals surface area contributed by atoms with Crippen molar-refractivity contribution in [2.45, 2.75) is 45.7 Å². The van der Waals surface area contributed by atoms with E-state index in [2.05, 4.69) is 20.9 Å². The summed E-state index contributed by atoms with van der Waals surface area (Å²) in [5.74, 6) is 0.0909. The minimum atomic E-state index is -0.984. The lowest BCUT2D eigenvalue weighted by Crippen LogP contribution is -2.63. The number of nitrogens with zero attached hydrogens (tertiary/aromatic N) is 3. The van der Waals surface area contributed by atoms with Gasteiger partial charge in [-0.2, -0.15) is 0 Å². The van der Waals surface area contributed by atoms with Crippen molar-refractivity contribution in [3.8, 4) is 0 Å². The predicted molar refractivity (Wildman–Crippen MR) is 121 cm³/mol. The molecule has 1 aromatic carbocycles. The molecule has 0 radical (unpaired) electrons. The third-order valence-electron chi connectivity index (χ3n) is 5.34. The Morgan fingerprint density at radius 3 is 2.47 bits per heavy atom. The van der Waals surface area contributed by atoms with Crippen molar-refractivity contribution < 1.29 is 14.7 Å². The van der Waals surface area contributed by atoms with Crippen molar-refractivity contribution in [1.82, 2.24) is 9.88 Å². The van der Waals surface area contributed by atoms with Crippen molar-refractivity contribution in [3.05, 3.63) is 57.7 Å². The van der Waals surface area contributed by atoms with E-state index < -0.39 is 23.6 Å². The zero-order valence-electron chi connectivity index (χ0n) is 17.2. The van der Waals surface area contributed by atoms with Crippen LogP contribution >= 0.6 is 27.5 Å². The first-order valence-corrected chi connectivity index (χ1v) is 11.0. The number of benzene rings is 1. The zero-order valence-corrected chi connectivity index (χ0v) is 19.5. The fourth-order valence-electron chi connectivity index (χ4n) is 4.20. The lowest BCUT2D eigenvalue weighted by molar-refractivity contribution is 0.0431. The Hall–Kier alpha value is -2.12. The summed E-state index contributed by atoms with van der Waals surface area (Å²) in [4.78, 5) is 33.2. The van der Waals surface area contributed by atoms with Crippen LogP contribution in [-0.2, 0) is 0 Å². The van der Waals surface area contributed by atoms with E-state index in [1.807, 2.05) is 20.8 Å². The number of halogens is 2. The van der Waals surface area contributed by atoms with Crippen LogP contribution in [0.15, 0.2) is 47.1 Å². The Labute approximate surface area is 190 Å². The molecule has 1 unspecified atom stereocenters. The summed E-state index contributed by atoms with van der Waals surface area (Å²) in [5.41, 5.74) is 0.0863. The Morgan fingerprint density at radius 1 is 1.23 bits per heavy atom.